The van der Waals surface area contributed by atoms with Crippen LogP contribution in [0.4, 0.5) is 0 Å². The van der Waals surface area contributed by atoms with Crippen molar-refractivity contribution in [3.05, 3.63) is 12.2 Å². The van der Waals surface area contributed by atoms with Crippen molar-refractivity contribution in [2.24, 2.45) is 0 Å². The van der Waals surface area contributed by atoms with E-state index in [9.17, 15) is 9.59 Å². The van der Waals surface area contributed by atoms with E-state index in [1.54, 1.807) is 0 Å². The van der Waals surface area contributed by atoms with Crippen LogP contribution in [0.5, 0.6) is 0 Å². The van der Waals surface area contributed by atoms with Crippen LogP contribution in [-0.2, 0) is 18.8 Å². The monoisotopic (exact) mass is 580 g/mol. The van der Waals surface area contributed by atoms with Gasteiger partial charge in [-0.1, -0.05) is 169 Å². The van der Waals surface area contributed by atoms with Crippen molar-refractivity contribution >= 4 is 20.3 Å². The maximum atomic E-state index is 12.9. The summed E-state index contributed by atoms with van der Waals surface area (Å²) in [5, 5.41) is 0. The third-order valence-corrected chi connectivity index (χ3v) is 12.6. The van der Waals surface area contributed by atoms with E-state index in [-0.39, 0.29) is 23.9 Å². The van der Waals surface area contributed by atoms with Gasteiger partial charge in [-0.15, -0.1) is 0 Å². The van der Waals surface area contributed by atoms with Crippen LogP contribution in [0.15, 0.2) is 12.2 Å². The fourth-order valence-corrected chi connectivity index (χ4v) is 10.0. The van der Waals surface area contributed by atoms with Crippen LogP contribution in [0, 0.1) is 0 Å². The topological polar surface area (TPSA) is 52.6 Å². The van der Waals surface area contributed by atoms with Crippen LogP contribution in [0.25, 0.3) is 0 Å². The minimum absolute atomic E-state index is 0.0580. The zero-order chi connectivity index (χ0) is 29.7. The molecule has 0 aliphatic rings. The molecule has 0 spiro atoms. The number of hydrogen-bond donors (Lipinski definition) is 0. The van der Waals surface area contributed by atoms with E-state index < -0.39 is 8.32 Å². The van der Waals surface area contributed by atoms with Gasteiger partial charge >= 0.3 is 11.9 Å². The molecule has 4 nitrogen and oxygen atoms in total. The van der Waals surface area contributed by atoms with Gasteiger partial charge < -0.3 is 9.16 Å². The fourth-order valence-electron chi connectivity index (χ4n) is 5.43. The summed E-state index contributed by atoms with van der Waals surface area (Å²) in [6, 6.07) is 3.06. The number of esters is 1. The van der Waals surface area contributed by atoms with Gasteiger partial charge in [0.2, 0.25) is 0 Å². The summed E-state index contributed by atoms with van der Waals surface area (Å²) >= 11 is 0. The molecule has 0 heterocycles. The molecule has 0 atom stereocenters. The molecule has 0 saturated heterocycles. The Morgan fingerprint density at radius 2 is 0.875 bits per heavy atom. The minimum Gasteiger partial charge on any atom is -0.516 e. The van der Waals surface area contributed by atoms with Crippen LogP contribution < -0.4 is 0 Å². The van der Waals surface area contributed by atoms with E-state index in [1.165, 1.54) is 89.9 Å². The van der Waals surface area contributed by atoms with Gasteiger partial charge in [-0.05, 0) is 24.6 Å². The molecule has 0 bridgehead atoms. The van der Waals surface area contributed by atoms with Gasteiger partial charge in [0, 0.05) is 5.57 Å². The molecule has 0 unspecified atom stereocenters. The van der Waals surface area contributed by atoms with Gasteiger partial charge in [0.25, 0.3) is 8.32 Å². The lowest BCUT2D eigenvalue weighted by Gasteiger charge is -2.31. The number of unbranched alkanes of at least 4 members (excludes halogenated alkanes) is 18. The van der Waals surface area contributed by atoms with Crippen LogP contribution in [0.2, 0.25) is 18.1 Å². The SMILES string of the molecule is C=C(CC(=O)OCCCCCCCCCCCCCCCCCC)C(=O)O[Si](CCCC)(CCCC)CCCC. The van der Waals surface area contributed by atoms with E-state index in [0.717, 1.165) is 69.5 Å². The van der Waals surface area contributed by atoms with Crippen molar-refractivity contribution in [2.75, 3.05) is 6.61 Å². The Bertz CT molecular complexity index is 597. The van der Waals surface area contributed by atoms with Gasteiger partial charge in [-0.2, -0.15) is 0 Å². The van der Waals surface area contributed by atoms with Crippen molar-refractivity contribution in [1.82, 2.24) is 0 Å². The second kappa shape index (κ2) is 28.0. The lowest BCUT2D eigenvalue weighted by atomic mass is 10.0. The molecule has 5 heteroatoms. The predicted octanol–water partition coefficient (Wildman–Crippen LogP) is 11.6. The normalized spacial score (nSPS) is 11.5. The van der Waals surface area contributed by atoms with Crippen LogP contribution in [-0.4, -0.2) is 26.9 Å². The lowest BCUT2D eigenvalue weighted by molar-refractivity contribution is -0.144. The lowest BCUT2D eigenvalue weighted by Crippen LogP contribution is -2.41. The Hall–Kier alpha value is -1.10. The average molecular weight is 581 g/mol. The van der Waals surface area contributed by atoms with Gasteiger partial charge in [-0.25, -0.2) is 4.79 Å². The predicted molar refractivity (Wildman–Crippen MR) is 175 cm³/mol. The van der Waals surface area contributed by atoms with Crippen molar-refractivity contribution in [3.8, 4) is 0 Å². The summed E-state index contributed by atoms with van der Waals surface area (Å²) in [6.45, 7) is 13.2. The van der Waals surface area contributed by atoms with E-state index in [4.69, 9.17) is 9.16 Å². The molecule has 0 aromatic heterocycles. The second-order valence-corrected chi connectivity index (χ2v) is 16.3. The summed E-state index contributed by atoms with van der Waals surface area (Å²) in [7, 11) is -2.16. The van der Waals surface area contributed by atoms with Crippen molar-refractivity contribution in [3.63, 3.8) is 0 Å². The molecule has 0 aliphatic carbocycles. The Kier molecular flexibility index (Phi) is 27.3. The van der Waals surface area contributed by atoms with Crippen LogP contribution in [0.3, 0.4) is 0 Å². The smallest absolute Gasteiger partial charge is 0.320 e. The maximum absolute atomic E-state index is 12.9. The molecule has 0 radical (unpaired) electrons. The Balaban J connectivity index is 3.97. The average Bonchev–Trinajstić information content (AvgIpc) is 2.95. The van der Waals surface area contributed by atoms with E-state index in [1.807, 2.05) is 0 Å². The molecule has 0 rings (SSSR count). The highest BCUT2D eigenvalue weighted by Crippen LogP contribution is 2.30. The van der Waals surface area contributed by atoms with Gasteiger partial charge in [-0.3, -0.25) is 4.79 Å². The molecule has 0 N–H and O–H groups in total. The first kappa shape index (κ1) is 38.9. The third kappa shape index (κ3) is 22.6. The summed E-state index contributed by atoms with van der Waals surface area (Å²) in [5.41, 5.74) is 0.248. The maximum Gasteiger partial charge on any atom is 0.320 e. The minimum atomic E-state index is -2.16. The molecular weight excluding hydrogens is 512 g/mol. The number of carbonyl (C=O) groups is 2. The quantitative estimate of drug-likeness (QED) is 0.0367. The number of carbonyl (C=O) groups excluding carboxylic acids is 2. The first-order valence-corrected chi connectivity index (χ1v) is 20.0. The Morgan fingerprint density at radius 1 is 0.525 bits per heavy atom. The largest absolute Gasteiger partial charge is 0.516 e. The highest BCUT2D eigenvalue weighted by Gasteiger charge is 2.37. The van der Waals surface area contributed by atoms with Gasteiger partial charge in [0.1, 0.15) is 0 Å². The highest BCUT2D eigenvalue weighted by molar-refractivity contribution is 6.75. The standard InChI is InChI=1S/C35H68O4Si/c1-6-10-14-15-16-17-18-19-20-21-22-23-24-25-26-27-28-38-34(36)32-33(5)35(37)39-40(29-11-7-2,30-12-8-3)31-13-9-4/h5-32H2,1-4H3. The number of hydrogen-bond acceptors (Lipinski definition) is 4. The van der Waals surface area contributed by atoms with Crippen LogP contribution in [0.1, 0.15) is 175 Å². The van der Waals surface area contributed by atoms with Crippen LogP contribution >= 0.6 is 0 Å². The fraction of sp³-hybridized carbons (Fsp3) is 0.886. The summed E-state index contributed by atoms with van der Waals surface area (Å²) in [4.78, 5) is 25.2. The molecule has 0 fully saturated rings. The zero-order valence-corrected chi connectivity index (χ0v) is 28.4. The summed E-state index contributed by atoms with van der Waals surface area (Å²) in [5.74, 6) is -0.722. The molecule has 0 aromatic carbocycles. The number of rotatable bonds is 30. The molecule has 40 heavy (non-hydrogen) atoms. The second-order valence-electron chi connectivity index (χ2n) is 12.2. The molecule has 0 saturated carbocycles. The van der Waals surface area contributed by atoms with Gasteiger partial charge in [0.05, 0.1) is 13.0 Å². The van der Waals surface area contributed by atoms with E-state index >= 15 is 0 Å². The molecule has 236 valence electrons. The summed E-state index contributed by atoms with van der Waals surface area (Å²) in [6.07, 6.45) is 27.7. The first-order chi connectivity index (χ1) is 19.4. The first-order valence-electron chi connectivity index (χ1n) is 17.5. The van der Waals surface area contributed by atoms with Gasteiger partial charge in [0.15, 0.2) is 0 Å². The van der Waals surface area contributed by atoms with Crippen molar-refractivity contribution in [1.29, 1.82) is 0 Å². The Labute approximate surface area is 251 Å². The molecule has 0 aromatic rings. The number of ether oxygens (including phenoxy) is 1. The van der Waals surface area contributed by atoms with Crippen molar-refractivity contribution < 1.29 is 18.8 Å². The van der Waals surface area contributed by atoms with Crippen molar-refractivity contribution in [2.45, 2.75) is 194 Å². The molecule has 0 aliphatic heterocycles. The molecule has 0 amide bonds. The summed E-state index contributed by atoms with van der Waals surface area (Å²) < 4.78 is 11.6. The Morgan fingerprint density at radius 3 is 1.25 bits per heavy atom. The molecular formula is C35H68O4Si. The van der Waals surface area contributed by atoms with E-state index in [2.05, 4.69) is 34.3 Å². The zero-order valence-electron chi connectivity index (χ0n) is 27.4. The third-order valence-electron chi connectivity index (χ3n) is 8.17. The van der Waals surface area contributed by atoms with E-state index in [0.29, 0.717) is 6.61 Å². The highest BCUT2D eigenvalue weighted by atomic mass is 28.4.